The lowest BCUT2D eigenvalue weighted by atomic mass is 9.82. The van der Waals surface area contributed by atoms with Crippen molar-refractivity contribution in [2.75, 3.05) is 13.2 Å². The van der Waals surface area contributed by atoms with Crippen LogP contribution in [0.15, 0.2) is 4.42 Å². The van der Waals surface area contributed by atoms with Crippen LogP contribution >= 0.6 is 0 Å². The third-order valence-corrected chi connectivity index (χ3v) is 5.82. The van der Waals surface area contributed by atoms with Crippen LogP contribution in [0.3, 0.4) is 0 Å². The molecule has 2 heterocycles. The highest BCUT2D eigenvalue weighted by molar-refractivity contribution is 5.81. The number of alkyl halides is 6. The highest BCUT2D eigenvalue weighted by Gasteiger charge is 2.46. The highest BCUT2D eigenvalue weighted by Crippen LogP contribution is 2.42. The third-order valence-electron chi connectivity index (χ3n) is 5.82. The van der Waals surface area contributed by atoms with Crippen LogP contribution in [0.5, 0.6) is 0 Å². The smallest absolute Gasteiger partial charge is 0.422 e. The Hall–Kier alpha value is -1.93. The number of nitrogens with one attached hydrogen (secondary N) is 1. The van der Waals surface area contributed by atoms with E-state index in [1.807, 2.05) is 0 Å². The number of halogens is 6. The van der Waals surface area contributed by atoms with Crippen LogP contribution in [0.4, 0.5) is 26.3 Å². The molecule has 0 radical (unpaired) electrons. The Balaban J connectivity index is 1.16. The average molecular weight is 473 g/mol. The minimum Gasteiger partial charge on any atom is -0.422 e. The number of hydrogen-bond donors (Lipinski definition) is 1. The van der Waals surface area contributed by atoms with E-state index in [0.29, 0.717) is 19.3 Å². The maximum Gasteiger partial charge on any atom is 0.522 e. The number of rotatable bonds is 7. The average Bonchev–Trinajstić information content (AvgIpc) is 3.29. The van der Waals surface area contributed by atoms with Crippen molar-refractivity contribution in [3.8, 4) is 0 Å². The molecule has 2 aliphatic carbocycles. The molecule has 32 heavy (non-hydrogen) atoms. The molecule has 1 aliphatic heterocycles. The quantitative estimate of drug-likeness (QED) is 0.607. The predicted molar refractivity (Wildman–Crippen MR) is 90.7 cm³/mol. The second-order valence-corrected chi connectivity index (χ2v) is 8.30. The van der Waals surface area contributed by atoms with E-state index in [2.05, 4.69) is 25.0 Å². The summed E-state index contributed by atoms with van der Waals surface area (Å²) in [7, 11) is 0. The van der Waals surface area contributed by atoms with Gasteiger partial charge in [0.2, 0.25) is 17.7 Å². The van der Waals surface area contributed by atoms with E-state index < -0.39 is 43.4 Å². The van der Waals surface area contributed by atoms with Crippen molar-refractivity contribution < 1.29 is 49.8 Å². The van der Waals surface area contributed by atoms with Gasteiger partial charge in [-0.3, -0.25) is 14.3 Å². The molecule has 3 fully saturated rings. The van der Waals surface area contributed by atoms with Gasteiger partial charge < -0.3 is 14.5 Å². The van der Waals surface area contributed by atoms with Crippen LogP contribution in [-0.4, -0.2) is 54.2 Å². The van der Waals surface area contributed by atoms with Crippen LogP contribution in [0.1, 0.15) is 55.9 Å². The fourth-order valence-electron chi connectivity index (χ4n) is 3.92. The summed E-state index contributed by atoms with van der Waals surface area (Å²) in [4.78, 5) is 12.2. The fourth-order valence-corrected chi connectivity index (χ4v) is 3.92. The zero-order chi connectivity index (χ0) is 23.1. The summed E-state index contributed by atoms with van der Waals surface area (Å²) in [5.74, 6) is -1.11. The highest BCUT2D eigenvalue weighted by atomic mass is 19.4. The number of carbonyl (C=O) groups is 1. The molecular formula is C18H21F6N3O5. The molecule has 8 nitrogen and oxygen atoms in total. The molecule has 14 heteroatoms. The normalized spacial score (nSPS) is 32.9. The van der Waals surface area contributed by atoms with E-state index >= 15 is 0 Å². The summed E-state index contributed by atoms with van der Waals surface area (Å²) in [6.45, 7) is -0.371. The largest absolute Gasteiger partial charge is 0.522 e. The fraction of sp³-hybridized carbons (Fsp3) is 0.833. The lowest BCUT2D eigenvalue weighted by molar-refractivity contribution is -0.352. The van der Waals surface area contributed by atoms with Gasteiger partial charge in [0.05, 0.1) is 25.4 Å². The summed E-state index contributed by atoms with van der Waals surface area (Å²) in [6.07, 6.45) is -9.18. The van der Waals surface area contributed by atoms with Crippen molar-refractivity contribution in [3.05, 3.63) is 11.8 Å². The Bertz CT molecular complexity index is 802. The van der Waals surface area contributed by atoms with Crippen molar-refractivity contribution in [2.45, 2.75) is 69.0 Å². The zero-order valence-electron chi connectivity index (χ0n) is 16.6. The minimum absolute atomic E-state index is 0.136. The first-order valence-electron chi connectivity index (χ1n) is 10.2. The van der Waals surface area contributed by atoms with Crippen molar-refractivity contribution in [3.63, 3.8) is 0 Å². The number of nitrogens with zero attached hydrogens (tertiary/aromatic N) is 2. The second kappa shape index (κ2) is 8.78. The molecule has 4 rings (SSSR count). The molecule has 180 valence electrons. The lowest BCUT2D eigenvalue weighted by Gasteiger charge is -2.33. The Labute approximate surface area is 178 Å². The molecule has 1 N–H and O–H groups in total. The molecule has 0 aromatic carbocycles. The Morgan fingerprint density at radius 2 is 1.75 bits per heavy atom. The first kappa shape index (κ1) is 23.2. The summed E-state index contributed by atoms with van der Waals surface area (Å²) >= 11 is 0. The van der Waals surface area contributed by atoms with Crippen LogP contribution < -0.4 is 5.32 Å². The van der Waals surface area contributed by atoms with Gasteiger partial charge in [-0.15, -0.1) is 36.5 Å². The van der Waals surface area contributed by atoms with Crippen molar-refractivity contribution >= 4 is 5.91 Å². The van der Waals surface area contributed by atoms with Crippen molar-refractivity contribution in [1.82, 2.24) is 15.5 Å². The van der Waals surface area contributed by atoms with E-state index in [4.69, 9.17) is 9.15 Å². The van der Waals surface area contributed by atoms with Gasteiger partial charge in [-0.1, -0.05) is 0 Å². The van der Waals surface area contributed by atoms with Gasteiger partial charge >= 0.3 is 12.7 Å². The first-order valence-corrected chi connectivity index (χ1v) is 10.2. The second-order valence-electron chi connectivity index (χ2n) is 8.30. The molecule has 1 amide bonds. The first-order chi connectivity index (χ1) is 15.0. The lowest BCUT2D eigenvalue weighted by Crippen LogP contribution is -2.42. The van der Waals surface area contributed by atoms with E-state index in [0.717, 1.165) is 0 Å². The molecule has 1 aromatic heterocycles. The molecule has 3 aliphatic rings. The topological polar surface area (TPSA) is 95.7 Å². The van der Waals surface area contributed by atoms with Crippen LogP contribution in [-0.2, 0) is 19.0 Å². The van der Waals surface area contributed by atoms with Gasteiger partial charge in [0, 0.05) is 11.8 Å². The number of amides is 1. The van der Waals surface area contributed by atoms with E-state index in [1.165, 1.54) is 0 Å². The molecule has 0 bridgehead atoms. The van der Waals surface area contributed by atoms with Gasteiger partial charge in [-0.05, 0) is 38.0 Å². The summed E-state index contributed by atoms with van der Waals surface area (Å²) in [5, 5.41) is 10.6. The van der Waals surface area contributed by atoms with E-state index in [9.17, 15) is 31.1 Å². The molecular weight excluding hydrogens is 452 g/mol. The van der Waals surface area contributed by atoms with Crippen molar-refractivity contribution in [2.24, 2.45) is 11.8 Å². The molecule has 1 aromatic rings. The summed E-state index contributed by atoms with van der Waals surface area (Å²) in [6, 6.07) is -0.294. The number of hydrogen-bond acceptors (Lipinski definition) is 7. The van der Waals surface area contributed by atoms with Crippen LogP contribution in [0.25, 0.3) is 0 Å². The number of ether oxygens (including phenoxy) is 3. The summed E-state index contributed by atoms with van der Waals surface area (Å²) in [5.41, 5.74) is 0. The minimum atomic E-state index is -4.71. The van der Waals surface area contributed by atoms with Crippen LogP contribution in [0.2, 0.25) is 0 Å². The zero-order valence-corrected chi connectivity index (χ0v) is 16.6. The molecule has 4 atom stereocenters. The third kappa shape index (κ3) is 6.10. The maximum atomic E-state index is 12.2. The maximum absolute atomic E-state index is 12.2. The van der Waals surface area contributed by atoms with Gasteiger partial charge in [-0.2, -0.15) is 0 Å². The SMILES string of the molecule is O=C(N[C@H]1CC[C@H](c2nnc([C@H]3C[C@@H](OC(F)(F)F)C3)o2)OC1)[C@@H]1C[C@H]1COC(F)(F)F. The van der Waals surface area contributed by atoms with Crippen LogP contribution in [0, 0.1) is 11.8 Å². The predicted octanol–water partition coefficient (Wildman–Crippen LogP) is 3.36. The van der Waals surface area contributed by atoms with E-state index in [-0.39, 0.29) is 49.1 Å². The Morgan fingerprint density at radius 1 is 1.03 bits per heavy atom. The molecule has 1 saturated heterocycles. The number of aromatic nitrogens is 2. The monoisotopic (exact) mass is 473 g/mol. The van der Waals surface area contributed by atoms with Gasteiger partial charge in [-0.25, -0.2) is 0 Å². The van der Waals surface area contributed by atoms with Gasteiger partial charge in [0.25, 0.3) is 0 Å². The Kier molecular flexibility index (Phi) is 6.38. The van der Waals surface area contributed by atoms with Crippen molar-refractivity contribution in [1.29, 1.82) is 0 Å². The number of carbonyl (C=O) groups excluding carboxylic acids is 1. The molecule has 0 unspecified atom stereocenters. The van der Waals surface area contributed by atoms with E-state index in [1.54, 1.807) is 0 Å². The van der Waals surface area contributed by atoms with Gasteiger partial charge in [0.15, 0.2) is 0 Å². The Morgan fingerprint density at radius 3 is 2.38 bits per heavy atom. The molecule has 0 spiro atoms. The standard InChI is InChI=1S/C18H21F6N3O5/c19-17(20,21)30-6-9-5-12(9)14(28)25-10-1-2-13(29-7-10)16-27-26-15(31-16)8-3-11(4-8)32-18(22,23)24/h8-13H,1-7H2,(H,25,28)/t8-,9-,10-,11+,12+,13+/m0/s1. The summed E-state index contributed by atoms with van der Waals surface area (Å²) < 4.78 is 91.7. The van der Waals surface area contributed by atoms with Gasteiger partial charge in [0.1, 0.15) is 6.10 Å². The molecule has 2 saturated carbocycles.